The predicted molar refractivity (Wildman–Crippen MR) is 122 cm³/mol. The molecule has 0 unspecified atom stereocenters. The number of hydrogen-bond acceptors (Lipinski definition) is 3. The molecule has 0 atom stereocenters. The van der Waals surface area contributed by atoms with E-state index in [1.54, 1.807) is 0 Å². The lowest BCUT2D eigenvalue weighted by molar-refractivity contribution is -0.137. The summed E-state index contributed by atoms with van der Waals surface area (Å²) in [4.78, 5) is 26.9. The number of hydrogen-bond donors (Lipinski definition) is 0. The topological polar surface area (TPSA) is 34.1 Å². The van der Waals surface area contributed by atoms with Gasteiger partial charge in [-0.2, -0.15) is 13.2 Å². The number of ketones is 2. The lowest BCUT2D eigenvalue weighted by Gasteiger charge is -2.29. The zero-order valence-corrected chi connectivity index (χ0v) is 19.5. The van der Waals surface area contributed by atoms with Gasteiger partial charge in [0.05, 0.1) is 5.56 Å². The summed E-state index contributed by atoms with van der Waals surface area (Å²) in [5, 5.41) is 0. The molecule has 0 saturated heterocycles. The van der Waals surface area contributed by atoms with Crippen LogP contribution in [0.1, 0.15) is 66.8 Å². The first-order valence-corrected chi connectivity index (χ1v) is 12.1. The molecule has 0 radical (unpaired) electrons. The molecule has 0 amide bonds. The average Bonchev–Trinajstić information content (AvgIpc) is 2.73. The van der Waals surface area contributed by atoms with E-state index in [0.717, 1.165) is 52.1 Å². The van der Waals surface area contributed by atoms with Gasteiger partial charge in [0.1, 0.15) is 17.5 Å². The van der Waals surface area contributed by atoms with E-state index in [9.17, 15) is 22.8 Å². The Bertz CT molecular complexity index is 937. The zero-order valence-electron chi connectivity index (χ0n) is 18.7. The van der Waals surface area contributed by atoms with Gasteiger partial charge in [0.15, 0.2) is 0 Å². The fourth-order valence-corrected chi connectivity index (χ4v) is 5.59. The molecule has 0 aromatic heterocycles. The third-order valence-electron chi connectivity index (χ3n) is 6.15. The Morgan fingerprint density at radius 1 is 0.938 bits per heavy atom. The van der Waals surface area contributed by atoms with E-state index in [1.165, 1.54) is 23.9 Å². The minimum absolute atomic E-state index is 0.000895. The predicted octanol–water partition coefficient (Wildman–Crippen LogP) is 6.95. The summed E-state index contributed by atoms with van der Waals surface area (Å²) in [7, 11) is 0. The Balaban J connectivity index is 1.64. The quantitative estimate of drug-likeness (QED) is 0.330. The van der Waals surface area contributed by atoms with Crippen LogP contribution in [0.4, 0.5) is 13.2 Å². The Labute approximate surface area is 192 Å². The molecule has 2 nitrogen and oxygen atoms in total. The molecule has 0 bridgehead atoms. The first kappa shape index (κ1) is 24.6. The van der Waals surface area contributed by atoms with Crippen molar-refractivity contribution in [1.29, 1.82) is 0 Å². The van der Waals surface area contributed by atoms with Crippen LogP contribution in [-0.2, 0) is 28.6 Å². The highest BCUT2D eigenvalue weighted by Gasteiger charge is 2.38. The van der Waals surface area contributed by atoms with E-state index < -0.39 is 17.7 Å². The van der Waals surface area contributed by atoms with Crippen LogP contribution >= 0.6 is 11.8 Å². The van der Waals surface area contributed by atoms with Gasteiger partial charge in [-0.05, 0) is 78.8 Å². The van der Waals surface area contributed by atoms with Crippen LogP contribution in [-0.4, -0.2) is 17.3 Å². The Kier molecular flexibility index (Phi) is 7.86. The van der Waals surface area contributed by atoms with E-state index in [2.05, 4.69) is 26.0 Å². The number of aryl methyl sites for hydroxylation is 3. The second-order valence-corrected chi connectivity index (χ2v) is 9.67. The van der Waals surface area contributed by atoms with Gasteiger partial charge in [0, 0.05) is 17.7 Å². The molecule has 3 rings (SSSR count). The summed E-state index contributed by atoms with van der Waals surface area (Å²) in [6, 6.07) is 9.27. The molecule has 2 aromatic rings. The minimum Gasteiger partial charge on any atom is -0.299 e. The molecule has 1 saturated carbocycles. The SMILES string of the molecule is CCc1cc(C)cc(CC)c1C1C(=O)CC(CCSc2ccc(C(F)(F)F)cc2)CC1=O. The van der Waals surface area contributed by atoms with E-state index in [1.807, 2.05) is 6.92 Å². The van der Waals surface area contributed by atoms with E-state index >= 15 is 0 Å². The van der Waals surface area contributed by atoms with Crippen molar-refractivity contribution in [2.45, 2.75) is 69.9 Å². The maximum absolute atomic E-state index is 13.1. The van der Waals surface area contributed by atoms with Crippen LogP contribution in [0.3, 0.4) is 0 Å². The number of rotatable bonds is 7. The average molecular weight is 463 g/mol. The van der Waals surface area contributed by atoms with E-state index in [-0.39, 0.29) is 17.5 Å². The lowest BCUT2D eigenvalue weighted by atomic mass is 9.73. The summed E-state index contributed by atoms with van der Waals surface area (Å²) in [5.74, 6) is -0.00200. The summed E-state index contributed by atoms with van der Waals surface area (Å²) >= 11 is 1.46. The van der Waals surface area contributed by atoms with Crippen LogP contribution in [0.15, 0.2) is 41.3 Å². The normalized spacial score (nSPS) is 19.4. The summed E-state index contributed by atoms with van der Waals surface area (Å²) < 4.78 is 38.1. The van der Waals surface area contributed by atoms with Gasteiger partial charge in [0.25, 0.3) is 0 Å². The molecular formula is C26H29F3O2S. The van der Waals surface area contributed by atoms with Crippen molar-refractivity contribution < 1.29 is 22.8 Å². The summed E-state index contributed by atoms with van der Waals surface area (Å²) in [5.41, 5.74) is 3.59. The summed E-state index contributed by atoms with van der Waals surface area (Å²) in [6.45, 7) is 6.14. The highest BCUT2D eigenvalue weighted by atomic mass is 32.2. The van der Waals surface area contributed by atoms with Crippen LogP contribution in [0.2, 0.25) is 0 Å². The Morgan fingerprint density at radius 2 is 1.47 bits per heavy atom. The van der Waals surface area contributed by atoms with Gasteiger partial charge >= 0.3 is 6.18 Å². The molecule has 2 aromatic carbocycles. The van der Waals surface area contributed by atoms with Crippen molar-refractivity contribution in [2.24, 2.45) is 5.92 Å². The van der Waals surface area contributed by atoms with Crippen LogP contribution in [0, 0.1) is 12.8 Å². The van der Waals surface area contributed by atoms with Gasteiger partial charge in [-0.25, -0.2) is 0 Å². The number of halogens is 3. The smallest absolute Gasteiger partial charge is 0.299 e. The highest BCUT2D eigenvalue weighted by molar-refractivity contribution is 7.99. The molecular weight excluding hydrogens is 433 g/mol. The molecule has 1 aliphatic carbocycles. The Morgan fingerprint density at radius 3 is 1.94 bits per heavy atom. The minimum atomic E-state index is -4.34. The molecule has 0 spiro atoms. The molecule has 0 N–H and O–H groups in total. The highest BCUT2D eigenvalue weighted by Crippen LogP contribution is 2.37. The van der Waals surface area contributed by atoms with Gasteiger partial charge in [-0.1, -0.05) is 31.5 Å². The third kappa shape index (κ3) is 5.64. The maximum atomic E-state index is 13.1. The maximum Gasteiger partial charge on any atom is 0.416 e. The fraction of sp³-hybridized carbons (Fsp3) is 0.462. The largest absolute Gasteiger partial charge is 0.416 e. The van der Waals surface area contributed by atoms with Crippen molar-refractivity contribution in [3.05, 3.63) is 64.2 Å². The molecule has 1 fully saturated rings. The van der Waals surface area contributed by atoms with Gasteiger partial charge in [0.2, 0.25) is 0 Å². The zero-order chi connectivity index (χ0) is 23.5. The first-order valence-electron chi connectivity index (χ1n) is 11.1. The molecule has 1 aliphatic rings. The monoisotopic (exact) mass is 462 g/mol. The van der Waals surface area contributed by atoms with E-state index in [4.69, 9.17) is 0 Å². The van der Waals surface area contributed by atoms with Crippen LogP contribution in [0.5, 0.6) is 0 Å². The van der Waals surface area contributed by atoms with Crippen molar-refractivity contribution in [1.82, 2.24) is 0 Å². The van der Waals surface area contributed by atoms with Crippen LogP contribution in [0.25, 0.3) is 0 Å². The molecule has 0 heterocycles. The number of benzene rings is 2. The van der Waals surface area contributed by atoms with Gasteiger partial charge in [-0.3, -0.25) is 9.59 Å². The molecule has 6 heteroatoms. The standard InChI is InChI=1S/C26H29F3O2S/c1-4-18-12-16(3)13-19(5-2)24(18)25-22(30)14-17(15-23(25)31)10-11-32-21-8-6-20(7-9-21)26(27,28)29/h6-9,12-13,17,25H,4-5,10-11,14-15H2,1-3H3. The number of carbonyl (C=O) groups is 2. The number of alkyl halides is 3. The van der Waals surface area contributed by atoms with Crippen LogP contribution < -0.4 is 0 Å². The number of thioether (sulfide) groups is 1. The first-order chi connectivity index (χ1) is 15.1. The second-order valence-electron chi connectivity index (χ2n) is 8.50. The second kappa shape index (κ2) is 10.2. The molecule has 32 heavy (non-hydrogen) atoms. The molecule has 0 aliphatic heterocycles. The van der Waals surface area contributed by atoms with Crippen molar-refractivity contribution >= 4 is 23.3 Å². The number of Topliss-reactive ketones (excluding diaryl/α,β-unsaturated/α-hetero) is 2. The van der Waals surface area contributed by atoms with E-state index in [0.29, 0.717) is 25.0 Å². The van der Waals surface area contributed by atoms with Crippen molar-refractivity contribution in [3.63, 3.8) is 0 Å². The van der Waals surface area contributed by atoms with Gasteiger partial charge < -0.3 is 0 Å². The van der Waals surface area contributed by atoms with Crippen molar-refractivity contribution in [2.75, 3.05) is 5.75 Å². The number of carbonyl (C=O) groups excluding carboxylic acids is 2. The lowest BCUT2D eigenvalue weighted by Crippen LogP contribution is -2.33. The van der Waals surface area contributed by atoms with Crippen molar-refractivity contribution in [3.8, 4) is 0 Å². The third-order valence-corrected chi connectivity index (χ3v) is 7.19. The molecule has 172 valence electrons. The van der Waals surface area contributed by atoms with Gasteiger partial charge in [-0.15, -0.1) is 11.8 Å². The fourth-order valence-electron chi connectivity index (χ4n) is 4.58. The summed E-state index contributed by atoms with van der Waals surface area (Å²) in [6.07, 6.45) is -1.32. The Hall–Kier alpha value is -2.08.